The van der Waals surface area contributed by atoms with E-state index in [1.165, 1.54) is 10.4 Å². The van der Waals surface area contributed by atoms with E-state index in [0.29, 0.717) is 30.8 Å². The molecule has 6 heteroatoms. The minimum absolute atomic E-state index is 0.0574. The molecule has 1 aliphatic heterocycles. The highest BCUT2D eigenvalue weighted by Crippen LogP contribution is 2.23. The summed E-state index contributed by atoms with van der Waals surface area (Å²) in [6.07, 6.45) is 0.724. The summed E-state index contributed by atoms with van der Waals surface area (Å²) in [5.41, 5.74) is 1.01. The highest BCUT2D eigenvalue weighted by molar-refractivity contribution is 7.89. The van der Waals surface area contributed by atoms with Crippen LogP contribution < -0.4 is 0 Å². The first-order chi connectivity index (χ1) is 9.48. The zero-order valence-electron chi connectivity index (χ0n) is 11.7. The standard InChI is InChI=1S/C14H18N2O3S/c1-3-13-10-16(6-7-19-13)20(17,18)14-8-12(9-15)5-4-11(14)2/h4-5,8,13H,3,6-7,10H2,1-2H3. The Morgan fingerprint density at radius 1 is 1.50 bits per heavy atom. The Labute approximate surface area is 119 Å². The second kappa shape index (κ2) is 5.92. The van der Waals surface area contributed by atoms with E-state index in [9.17, 15) is 8.42 Å². The molecular weight excluding hydrogens is 276 g/mol. The first kappa shape index (κ1) is 15.0. The molecule has 1 fully saturated rings. The SMILES string of the molecule is CCC1CN(S(=O)(=O)c2cc(C#N)ccc2C)CCO1. The van der Waals surface area contributed by atoms with E-state index in [-0.39, 0.29) is 11.0 Å². The van der Waals surface area contributed by atoms with Crippen molar-refractivity contribution in [2.75, 3.05) is 19.7 Å². The lowest BCUT2D eigenvalue weighted by molar-refractivity contribution is -0.00278. The average molecular weight is 294 g/mol. The van der Waals surface area contributed by atoms with Crippen molar-refractivity contribution in [1.82, 2.24) is 4.31 Å². The summed E-state index contributed by atoms with van der Waals surface area (Å²) in [6.45, 7) is 4.85. The van der Waals surface area contributed by atoms with Crippen LogP contribution in [0.25, 0.3) is 0 Å². The molecule has 0 spiro atoms. The van der Waals surface area contributed by atoms with Crippen LogP contribution in [0.1, 0.15) is 24.5 Å². The summed E-state index contributed by atoms with van der Waals surface area (Å²) in [5.74, 6) is 0. The number of nitriles is 1. The number of aryl methyl sites for hydroxylation is 1. The van der Waals surface area contributed by atoms with Crippen molar-refractivity contribution in [2.24, 2.45) is 0 Å². The molecule has 0 radical (unpaired) electrons. The molecule has 0 saturated carbocycles. The Bertz CT molecular complexity index is 634. The number of benzene rings is 1. The van der Waals surface area contributed by atoms with Crippen LogP contribution >= 0.6 is 0 Å². The monoisotopic (exact) mass is 294 g/mol. The molecule has 1 heterocycles. The Morgan fingerprint density at radius 3 is 2.90 bits per heavy atom. The number of rotatable bonds is 3. The van der Waals surface area contributed by atoms with E-state index in [0.717, 1.165) is 6.42 Å². The molecule has 108 valence electrons. The van der Waals surface area contributed by atoms with Crippen molar-refractivity contribution in [1.29, 1.82) is 5.26 Å². The molecule has 2 rings (SSSR count). The maximum Gasteiger partial charge on any atom is 0.243 e. The Hall–Kier alpha value is -1.42. The summed E-state index contributed by atoms with van der Waals surface area (Å²) in [5, 5.41) is 8.93. The van der Waals surface area contributed by atoms with Crippen molar-refractivity contribution >= 4 is 10.0 Å². The molecule has 0 aliphatic carbocycles. The Morgan fingerprint density at radius 2 is 2.25 bits per heavy atom. The van der Waals surface area contributed by atoms with Crippen LogP contribution in [-0.4, -0.2) is 38.5 Å². The third-order valence-electron chi connectivity index (χ3n) is 3.49. The van der Waals surface area contributed by atoms with Crippen LogP contribution in [-0.2, 0) is 14.8 Å². The van der Waals surface area contributed by atoms with Gasteiger partial charge in [-0.25, -0.2) is 8.42 Å². The van der Waals surface area contributed by atoms with Gasteiger partial charge >= 0.3 is 0 Å². The van der Waals surface area contributed by atoms with E-state index in [4.69, 9.17) is 10.00 Å². The molecule has 5 nitrogen and oxygen atoms in total. The molecule has 1 atom stereocenters. The van der Waals surface area contributed by atoms with Crippen molar-refractivity contribution in [3.8, 4) is 6.07 Å². The lowest BCUT2D eigenvalue weighted by atomic mass is 10.2. The molecule has 0 aromatic heterocycles. The van der Waals surface area contributed by atoms with Gasteiger partial charge in [-0.05, 0) is 31.0 Å². The minimum atomic E-state index is -3.57. The number of morpholine rings is 1. The van der Waals surface area contributed by atoms with Crippen LogP contribution in [0.3, 0.4) is 0 Å². The lowest BCUT2D eigenvalue weighted by Gasteiger charge is -2.32. The predicted octanol–water partition coefficient (Wildman–Crippen LogP) is 1.67. The molecule has 20 heavy (non-hydrogen) atoms. The average Bonchev–Trinajstić information content (AvgIpc) is 2.47. The summed E-state index contributed by atoms with van der Waals surface area (Å²) >= 11 is 0. The van der Waals surface area contributed by atoms with E-state index in [1.54, 1.807) is 19.1 Å². The van der Waals surface area contributed by atoms with E-state index >= 15 is 0 Å². The van der Waals surface area contributed by atoms with E-state index < -0.39 is 10.0 Å². The Kier molecular flexibility index (Phi) is 4.43. The number of hydrogen-bond acceptors (Lipinski definition) is 4. The normalized spacial score (nSPS) is 20.6. The van der Waals surface area contributed by atoms with Crippen LogP contribution in [0.2, 0.25) is 0 Å². The predicted molar refractivity (Wildman–Crippen MR) is 74.7 cm³/mol. The van der Waals surface area contributed by atoms with Crippen molar-refractivity contribution in [3.63, 3.8) is 0 Å². The number of ether oxygens (including phenoxy) is 1. The summed E-state index contributed by atoms with van der Waals surface area (Å²) in [4.78, 5) is 0.216. The second-order valence-corrected chi connectivity index (χ2v) is 6.76. The third-order valence-corrected chi connectivity index (χ3v) is 5.50. The molecule has 1 saturated heterocycles. The lowest BCUT2D eigenvalue weighted by Crippen LogP contribution is -2.45. The van der Waals surface area contributed by atoms with Crippen LogP contribution in [0.4, 0.5) is 0 Å². The zero-order chi connectivity index (χ0) is 14.8. The van der Waals surface area contributed by atoms with E-state index in [1.807, 2.05) is 13.0 Å². The summed E-state index contributed by atoms with van der Waals surface area (Å²) in [7, 11) is -3.57. The summed E-state index contributed by atoms with van der Waals surface area (Å²) in [6, 6.07) is 6.72. The van der Waals surface area contributed by atoms with Gasteiger partial charge in [-0.2, -0.15) is 9.57 Å². The number of hydrogen-bond donors (Lipinski definition) is 0. The smallest absolute Gasteiger partial charge is 0.243 e. The molecule has 0 amide bonds. The third kappa shape index (κ3) is 2.85. The van der Waals surface area contributed by atoms with Gasteiger partial charge in [-0.1, -0.05) is 13.0 Å². The highest BCUT2D eigenvalue weighted by atomic mass is 32.2. The van der Waals surface area contributed by atoms with Crippen molar-refractivity contribution < 1.29 is 13.2 Å². The second-order valence-electron chi connectivity index (χ2n) is 4.86. The first-order valence-electron chi connectivity index (χ1n) is 6.61. The van der Waals surface area contributed by atoms with Gasteiger partial charge in [0, 0.05) is 13.1 Å². The maximum atomic E-state index is 12.7. The molecule has 1 aliphatic rings. The topological polar surface area (TPSA) is 70.4 Å². The van der Waals surface area contributed by atoms with Gasteiger partial charge in [0.15, 0.2) is 0 Å². The van der Waals surface area contributed by atoms with E-state index in [2.05, 4.69) is 0 Å². The minimum Gasteiger partial charge on any atom is -0.375 e. The highest BCUT2D eigenvalue weighted by Gasteiger charge is 2.31. The number of nitrogens with zero attached hydrogens (tertiary/aromatic N) is 2. The van der Waals surface area contributed by atoms with Crippen LogP contribution in [0.15, 0.2) is 23.1 Å². The molecule has 1 aromatic rings. The van der Waals surface area contributed by atoms with Gasteiger partial charge < -0.3 is 4.74 Å². The Balaban J connectivity index is 2.37. The van der Waals surface area contributed by atoms with Gasteiger partial charge in [-0.3, -0.25) is 0 Å². The van der Waals surface area contributed by atoms with Crippen molar-refractivity contribution in [2.45, 2.75) is 31.3 Å². The summed E-state index contributed by atoms with van der Waals surface area (Å²) < 4.78 is 32.4. The molecular formula is C14H18N2O3S. The molecule has 0 N–H and O–H groups in total. The molecule has 0 bridgehead atoms. The van der Waals surface area contributed by atoms with Crippen LogP contribution in [0, 0.1) is 18.3 Å². The largest absolute Gasteiger partial charge is 0.375 e. The zero-order valence-corrected chi connectivity index (χ0v) is 12.5. The van der Waals surface area contributed by atoms with Crippen molar-refractivity contribution in [3.05, 3.63) is 29.3 Å². The van der Waals surface area contributed by atoms with Gasteiger partial charge in [0.2, 0.25) is 10.0 Å². The quantitative estimate of drug-likeness (QED) is 0.850. The van der Waals surface area contributed by atoms with Gasteiger partial charge in [-0.15, -0.1) is 0 Å². The number of sulfonamides is 1. The maximum absolute atomic E-state index is 12.7. The van der Waals surface area contributed by atoms with Crippen LogP contribution in [0.5, 0.6) is 0 Å². The fourth-order valence-electron chi connectivity index (χ4n) is 2.24. The molecule has 1 unspecified atom stereocenters. The van der Waals surface area contributed by atoms with Gasteiger partial charge in [0.1, 0.15) is 0 Å². The van der Waals surface area contributed by atoms with Gasteiger partial charge in [0.25, 0.3) is 0 Å². The fourth-order valence-corrected chi connectivity index (χ4v) is 3.95. The molecule has 1 aromatic carbocycles. The first-order valence-corrected chi connectivity index (χ1v) is 8.05. The fraction of sp³-hybridized carbons (Fsp3) is 0.500. The van der Waals surface area contributed by atoms with Gasteiger partial charge in [0.05, 0.1) is 29.2 Å².